The molecule has 0 aliphatic carbocycles. The van der Waals surface area contributed by atoms with Crippen LogP contribution < -0.4 is 15.8 Å². The number of nitrogens with zero attached hydrogens (tertiary/aromatic N) is 3. The summed E-state index contributed by atoms with van der Waals surface area (Å²) in [6, 6.07) is 11.3. The lowest BCUT2D eigenvalue weighted by Gasteiger charge is -2.29. The van der Waals surface area contributed by atoms with Crippen molar-refractivity contribution in [2.75, 3.05) is 31.1 Å². The van der Waals surface area contributed by atoms with Crippen LogP contribution in [0.3, 0.4) is 0 Å². The van der Waals surface area contributed by atoms with Crippen LogP contribution in [0.2, 0.25) is 0 Å². The maximum Gasteiger partial charge on any atom is 0.258 e. The van der Waals surface area contributed by atoms with Crippen molar-refractivity contribution in [3.05, 3.63) is 64.8 Å². The van der Waals surface area contributed by atoms with Gasteiger partial charge >= 0.3 is 0 Å². The number of nitrogens with one attached hydrogen (secondary N) is 1. The second-order valence-electron chi connectivity index (χ2n) is 5.84. The first-order chi connectivity index (χ1) is 11.7. The van der Waals surface area contributed by atoms with E-state index in [1.54, 1.807) is 16.5 Å². The van der Waals surface area contributed by atoms with Gasteiger partial charge < -0.3 is 10.2 Å². The highest BCUT2D eigenvalue weighted by atomic mass is 19.1. The lowest BCUT2D eigenvalue weighted by atomic mass is 10.1. The lowest BCUT2D eigenvalue weighted by Crippen LogP contribution is -2.43. The average Bonchev–Trinajstić information content (AvgIpc) is 2.63. The molecule has 0 unspecified atom stereocenters. The Hall–Kier alpha value is -2.73. The Kier molecular flexibility index (Phi) is 3.74. The summed E-state index contributed by atoms with van der Waals surface area (Å²) in [5.74, 6) is -0.308. The molecule has 1 fully saturated rings. The van der Waals surface area contributed by atoms with Gasteiger partial charge in [-0.1, -0.05) is 0 Å². The van der Waals surface area contributed by atoms with Gasteiger partial charge in [0.05, 0.1) is 11.4 Å². The van der Waals surface area contributed by atoms with Gasteiger partial charge in [-0.2, -0.15) is 0 Å². The minimum absolute atomic E-state index is 0.142. The average molecular weight is 324 g/mol. The van der Waals surface area contributed by atoms with E-state index in [0.29, 0.717) is 11.3 Å². The summed E-state index contributed by atoms with van der Waals surface area (Å²) in [4.78, 5) is 19.3. The molecule has 0 bridgehead atoms. The smallest absolute Gasteiger partial charge is 0.258 e. The molecule has 1 saturated heterocycles. The Morgan fingerprint density at radius 1 is 1.04 bits per heavy atom. The predicted octanol–water partition coefficient (Wildman–Crippen LogP) is 1.91. The third-order valence-corrected chi connectivity index (χ3v) is 4.27. The van der Waals surface area contributed by atoms with Gasteiger partial charge in [0, 0.05) is 44.0 Å². The van der Waals surface area contributed by atoms with Gasteiger partial charge in [-0.15, -0.1) is 0 Å². The molecule has 1 aliphatic rings. The summed E-state index contributed by atoms with van der Waals surface area (Å²) in [5.41, 5.74) is 2.73. The number of pyridine rings is 1. The Morgan fingerprint density at radius 3 is 2.54 bits per heavy atom. The quantitative estimate of drug-likeness (QED) is 0.782. The molecule has 0 saturated carbocycles. The van der Waals surface area contributed by atoms with E-state index in [4.69, 9.17) is 0 Å². The second kappa shape index (κ2) is 6.05. The van der Waals surface area contributed by atoms with Crippen molar-refractivity contribution in [1.82, 2.24) is 14.7 Å². The van der Waals surface area contributed by atoms with Crippen LogP contribution in [0, 0.1) is 5.82 Å². The Morgan fingerprint density at radius 2 is 1.79 bits per heavy atom. The van der Waals surface area contributed by atoms with E-state index in [2.05, 4.69) is 15.2 Å². The van der Waals surface area contributed by atoms with Crippen LogP contribution in [0.5, 0.6) is 0 Å². The van der Waals surface area contributed by atoms with E-state index in [1.165, 1.54) is 18.2 Å². The van der Waals surface area contributed by atoms with E-state index in [0.717, 1.165) is 37.4 Å². The van der Waals surface area contributed by atoms with Crippen LogP contribution in [-0.2, 0) is 0 Å². The van der Waals surface area contributed by atoms with Crippen molar-refractivity contribution in [3.8, 4) is 11.3 Å². The fourth-order valence-electron chi connectivity index (χ4n) is 2.97. The summed E-state index contributed by atoms with van der Waals surface area (Å²) in [5, 5.41) is 3.31. The van der Waals surface area contributed by atoms with Gasteiger partial charge in [0.15, 0.2) is 0 Å². The number of hydrogen-bond acceptors (Lipinski definition) is 4. The van der Waals surface area contributed by atoms with Crippen molar-refractivity contribution in [2.45, 2.75) is 0 Å². The molecule has 5 nitrogen and oxygen atoms in total. The van der Waals surface area contributed by atoms with Gasteiger partial charge in [-0.05, 0) is 36.4 Å². The number of anilines is 1. The minimum Gasteiger partial charge on any atom is -0.368 e. The van der Waals surface area contributed by atoms with Gasteiger partial charge in [0.1, 0.15) is 11.5 Å². The molecular weight excluding hydrogens is 307 g/mol. The highest BCUT2D eigenvalue weighted by Gasteiger charge is 2.12. The highest BCUT2D eigenvalue weighted by molar-refractivity contribution is 5.62. The minimum atomic E-state index is -0.308. The first-order valence-corrected chi connectivity index (χ1v) is 7.96. The van der Waals surface area contributed by atoms with Crippen LogP contribution in [-0.4, -0.2) is 35.6 Å². The van der Waals surface area contributed by atoms with E-state index in [1.807, 2.05) is 18.3 Å². The van der Waals surface area contributed by atoms with E-state index >= 15 is 0 Å². The molecule has 3 aromatic rings. The Balaban J connectivity index is 1.76. The van der Waals surface area contributed by atoms with Gasteiger partial charge in [0.2, 0.25) is 0 Å². The molecule has 1 N–H and O–H groups in total. The zero-order valence-electron chi connectivity index (χ0n) is 13.1. The number of hydrogen-bond donors (Lipinski definition) is 1. The van der Waals surface area contributed by atoms with Crippen molar-refractivity contribution in [2.24, 2.45) is 0 Å². The van der Waals surface area contributed by atoms with E-state index < -0.39 is 0 Å². The van der Waals surface area contributed by atoms with Gasteiger partial charge in [0.25, 0.3) is 5.56 Å². The highest BCUT2D eigenvalue weighted by Crippen LogP contribution is 2.19. The third kappa shape index (κ3) is 2.76. The molecule has 1 aromatic carbocycles. The lowest BCUT2D eigenvalue weighted by molar-refractivity contribution is 0.588. The van der Waals surface area contributed by atoms with Crippen LogP contribution in [0.4, 0.5) is 10.1 Å². The topological polar surface area (TPSA) is 49.6 Å². The summed E-state index contributed by atoms with van der Waals surface area (Å²) in [6.07, 6.45) is 1.84. The standard InChI is InChI=1S/C18H17FN4O/c19-14-3-1-13(2-4-14)16-11-18(24)23-12-15(5-6-17(23)21-16)22-9-7-20-8-10-22/h1-6,11-12,20H,7-10H2. The molecule has 6 heteroatoms. The fourth-order valence-corrected chi connectivity index (χ4v) is 2.97. The number of fused-ring (bicyclic) bond motifs is 1. The number of aromatic nitrogens is 2. The van der Waals surface area contributed by atoms with Crippen LogP contribution in [0.1, 0.15) is 0 Å². The molecule has 122 valence electrons. The molecule has 0 amide bonds. The molecule has 0 spiro atoms. The van der Waals surface area contributed by atoms with Gasteiger partial charge in [-0.25, -0.2) is 9.37 Å². The normalized spacial score (nSPS) is 15.0. The molecule has 4 rings (SSSR count). The maximum absolute atomic E-state index is 13.1. The van der Waals surface area contributed by atoms with Crippen LogP contribution >= 0.6 is 0 Å². The van der Waals surface area contributed by atoms with E-state index in [9.17, 15) is 9.18 Å². The second-order valence-corrected chi connectivity index (χ2v) is 5.84. The van der Waals surface area contributed by atoms with Crippen LogP contribution in [0.25, 0.3) is 16.9 Å². The zero-order chi connectivity index (χ0) is 16.5. The van der Waals surface area contributed by atoms with Gasteiger partial charge in [-0.3, -0.25) is 9.20 Å². The monoisotopic (exact) mass is 324 g/mol. The molecule has 3 heterocycles. The third-order valence-electron chi connectivity index (χ3n) is 4.27. The molecule has 2 aromatic heterocycles. The Labute approximate surface area is 138 Å². The molecule has 24 heavy (non-hydrogen) atoms. The SMILES string of the molecule is O=c1cc(-c2ccc(F)cc2)nc2ccc(N3CCNCC3)cn12. The zero-order valence-corrected chi connectivity index (χ0v) is 13.1. The summed E-state index contributed by atoms with van der Waals surface area (Å²) < 4.78 is 14.6. The predicted molar refractivity (Wildman–Crippen MR) is 91.9 cm³/mol. The summed E-state index contributed by atoms with van der Waals surface area (Å²) in [6.45, 7) is 3.71. The van der Waals surface area contributed by atoms with Crippen molar-refractivity contribution in [1.29, 1.82) is 0 Å². The van der Waals surface area contributed by atoms with Crippen LogP contribution in [0.15, 0.2) is 53.5 Å². The number of halogens is 1. The molecule has 1 aliphatic heterocycles. The summed E-state index contributed by atoms with van der Waals surface area (Å²) in [7, 11) is 0. The molecular formula is C18H17FN4O. The fraction of sp³-hybridized carbons (Fsp3) is 0.222. The molecule has 0 atom stereocenters. The van der Waals surface area contributed by atoms with E-state index in [-0.39, 0.29) is 11.4 Å². The molecule has 0 radical (unpaired) electrons. The largest absolute Gasteiger partial charge is 0.368 e. The first-order valence-electron chi connectivity index (χ1n) is 7.96. The number of rotatable bonds is 2. The first kappa shape index (κ1) is 14.8. The van der Waals surface area contributed by atoms with Crippen molar-refractivity contribution >= 4 is 11.3 Å². The Bertz CT molecular complexity index is 930. The number of piperazine rings is 1. The van der Waals surface area contributed by atoms with Crippen molar-refractivity contribution in [3.63, 3.8) is 0 Å². The summed E-state index contributed by atoms with van der Waals surface area (Å²) >= 11 is 0. The maximum atomic E-state index is 13.1. The van der Waals surface area contributed by atoms with Crippen molar-refractivity contribution < 1.29 is 4.39 Å². The number of benzene rings is 1.